The molecule has 0 heterocycles. The van der Waals surface area contributed by atoms with Gasteiger partial charge in [0.1, 0.15) is 10.6 Å². The average Bonchev–Trinajstić information content (AvgIpc) is 2.43. The van der Waals surface area contributed by atoms with Crippen molar-refractivity contribution < 1.29 is 17.9 Å². The second-order valence-electron chi connectivity index (χ2n) is 4.08. The molecule has 0 amide bonds. The molecular formula is C13H21NO4S. The molecule has 0 atom stereocenters. The predicted molar refractivity (Wildman–Crippen MR) is 74.1 cm³/mol. The Kier molecular flexibility index (Phi) is 6.27. The molecule has 6 heteroatoms. The van der Waals surface area contributed by atoms with Crippen LogP contribution in [0.3, 0.4) is 0 Å². The van der Waals surface area contributed by atoms with Gasteiger partial charge in [0.25, 0.3) is 0 Å². The topological polar surface area (TPSA) is 64.6 Å². The molecule has 0 radical (unpaired) electrons. The summed E-state index contributed by atoms with van der Waals surface area (Å²) in [5.74, 6) is 0.358. The van der Waals surface area contributed by atoms with Gasteiger partial charge in [-0.05, 0) is 30.5 Å². The molecule has 0 saturated heterocycles. The number of hydrogen-bond donors (Lipinski definition) is 1. The van der Waals surface area contributed by atoms with Crippen LogP contribution in [0.1, 0.15) is 18.9 Å². The van der Waals surface area contributed by atoms with Crippen LogP contribution in [0.5, 0.6) is 5.75 Å². The van der Waals surface area contributed by atoms with Crippen molar-refractivity contribution in [2.45, 2.75) is 24.7 Å². The Morgan fingerprint density at radius 2 is 2.00 bits per heavy atom. The van der Waals surface area contributed by atoms with Crippen molar-refractivity contribution >= 4 is 10.0 Å². The fraction of sp³-hybridized carbons (Fsp3) is 0.538. The fourth-order valence-corrected chi connectivity index (χ4v) is 2.94. The Hall–Kier alpha value is -1.11. The van der Waals surface area contributed by atoms with Crippen molar-refractivity contribution in [2.75, 3.05) is 27.4 Å². The molecule has 0 aromatic heterocycles. The van der Waals surface area contributed by atoms with Gasteiger partial charge in [-0.3, -0.25) is 0 Å². The van der Waals surface area contributed by atoms with E-state index in [2.05, 4.69) is 4.72 Å². The SMILES string of the molecule is CCc1ccc(OC)c(S(=O)(=O)NCCCOC)c1. The summed E-state index contributed by atoms with van der Waals surface area (Å²) in [6.45, 7) is 2.84. The number of nitrogens with one attached hydrogen (secondary N) is 1. The molecule has 0 spiro atoms. The summed E-state index contributed by atoms with van der Waals surface area (Å²) in [7, 11) is -0.498. The normalized spacial score (nSPS) is 11.5. The molecule has 0 aliphatic carbocycles. The van der Waals surface area contributed by atoms with Crippen molar-refractivity contribution in [3.8, 4) is 5.75 Å². The van der Waals surface area contributed by atoms with Crippen molar-refractivity contribution in [2.24, 2.45) is 0 Å². The zero-order valence-corrected chi connectivity index (χ0v) is 12.4. The van der Waals surface area contributed by atoms with Gasteiger partial charge in [-0.1, -0.05) is 13.0 Å². The lowest BCUT2D eigenvalue weighted by Crippen LogP contribution is -2.26. The highest BCUT2D eigenvalue weighted by atomic mass is 32.2. The summed E-state index contributed by atoms with van der Waals surface area (Å²) >= 11 is 0. The molecule has 0 aliphatic heterocycles. The molecule has 5 nitrogen and oxygen atoms in total. The van der Waals surface area contributed by atoms with Gasteiger partial charge in [-0.15, -0.1) is 0 Å². The van der Waals surface area contributed by atoms with Crippen molar-refractivity contribution in [3.05, 3.63) is 23.8 Å². The first-order valence-corrected chi connectivity index (χ1v) is 7.69. The second-order valence-corrected chi connectivity index (χ2v) is 5.82. The molecule has 19 heavy (non-hydrogen) atoms. The Balaban J connectivity index is 2.92. The van der Waals surface area contributed by atoms with E-state index in [-0.39, 0.29) is 4.90 Å². The zero-order valence-electron chi connectivity index (χ0n) is 11.6. The van der Waals surface area contributed by atoms with Crippen LogP contribution in [0, 0.1) is 0 Å². The van der Waals surface area contributed by atoms with E-state index >= 15 is 0 Å². The average molecular weight is 287 g/mol. The van der Waals surface area contributed by atoms with E-state index in [4.69, 9.17) is 9.47 Å². The molecule has 0 saturated carbocycles. The molecule has 0 bridgehead atoms. The van der Waals surface area contributed by atoms with Crippen LogP contribution in [0.15, 0.2) is 23.1 Å². The Morgan fingerprint density at radius 1 is 1.26 bits per heavy atom. The van der Waals surface area contributed by atoms with Crippen molar-refractivity contribution in [1.82, 2.24) is 4.72 Å². The van der Waals surface area contributed by atoms with Crippen LogP contribution in [0.2, 0.25) is 0 Å². The molecule has 108 valence electrons. The van der Waals surface area contributed by atoms with Gasteiger partial charge in [0.2, 0.25) is 10.0 Å². The van der Waals surface area contributed by atoms with Gasteiger partial charge in [-0.2, -0.15) is 0 Å². The summed E-state index contributed by atoms with van der Waals surface area (Å²) in [6.07, 6.45) is 1.40. The molecule has 0 fully saturated rings. The van der Waals surface area contributed by atoms with Crippen LogP contribution in [0.4, 0.5) is 0 Å². The van der Waals surface area contributed by atoms with E-state index in [1.54, 1.807) is 19.2 Å². The van der Waals surface area contributed by atoms with Crippen LogP contribution in [-0.2, 0) is 21.2 Å². The highest BCUT2D eigenvalue weighted by Gasteiger charge is 2.19. The van der Waals surface area contributed by atoms with E-state index in [1.807, 2.05) is 13.0 Å². The van der Waals surface area contributed by atoms with Gasteiger partial charge < -0.3 is 9.47 Å². The van der Waals surface area contributed by atoms with Crippen molar-refractivity contribution in [3.63, 3.8) is 0 Å². The quantitative estimate of drug-likeness (QED) is 0.737. The lowest BCUT2D eigenvalue weighted by Gasteiger charge is -2.12. The third-order valence-corrected chi connectivity index (χ3v) is 4.23. The van der Waals surface area contributed by atoms with E-state index in [0.717, 1.165) is 12.0 Å². The first-order chi connectivity index (χ1) is 9.05. The maximum absolute atomic E-state index is 12.2. The number of ether oxygens (including phenoxy) is 2. The minimum Gasteiger partial charge on any atom is -0.495 e. The molecule has 1 aromatic carbocycles. The lowest BCUT2D eigenvalue weighted by atomic mass is 10.2. The van der Waals surface area contributed by atoms with E-state index in [1.165, 1.54) is 7.11 Å². The summed E-state index contributed by atoms with van der Waals surface area (Å²) in [4.78, 5) is 0.187. The highest BCUT2D eigenvalue weighted by molar-refractivity contribution is 7.89. The number of rotatable bonds is 8. The van der Waals surface area contributed by atoms with Gasteiger partial charge in [-0.25, -0.2) is 13.1 Å². The minimum atomic E-state index is -3.55. The number of benzene rings is 1. The van der Waals surface area contributed by atoms with Crippen molar-refractivity contribution in [1.29, 1.82) is 0 Å². The Morgan fingerprint density at radius 3 is 2.58 bits per heavy atom. The molecule has 1 rings (SSSR count). The van der Waals surface area contributed by atoms with Crippen LogP contribution in [-0.4, -0.2) is 35.8 Å². The maximum atomic E-state index is 12.2. The number of sulfonamides is 1. The third kappa shape index (κ3) is 4.49. The first-order valence-electron chi connectivity index (χ1n) is 6.20. The van der Waals surface area contributed by atoms with Crippen LogP contribution >= 0.6 is 0 Å². The molecule has 0 aliphatic rings. The Bertz CT molecular complexity index is 499. The predicted octanol–water partition coefficient (Wildman–Crippen LogP) is 1.57. The number of hydrogen-bond acceptors (Lipinski definition) is 4. The van der Waals surface area contributed by atoms with Gasteiger partial charge >= 0.3 is 0 Å². The fourth-order valence-electron chi connectivity index (χ4n) is 1.65. The highest BCUT2D eigenvalue weighted by Crippen LogP contribution is 2.24. The molecule has 0 unspecified atom stereocenters. The Labute approximate surface area is 115 Å². The number of methoxy groups -OCH3 is 2. The largest absolute Gasteiger partial charge is 0.495 e. The summed E-state index contributed by atoms with van der Waals surface area (Å²) in [6, 6.07) is 5.20. The standard InChI is InChI=1S/C13H21NO4S/c1-4-11-6-7-12(18-3)13(10-11)19(15,16)14-8-5-9-17-2/h6-7,10,14H,4-5,8-9H2,1-3H3. The maximum Gasteiger partial charge on any atom is 0.244 e. The summed E-state index contributed by atoms with van der Waals surface area (Å²) in [5.41, 5.74) is 0.957. The van der Waals surface area contributed by atoms with Gasteiger partial charge in [0, 0.05) is 20.3 Å². The summed E-state index contributed by atoms with van der Waals surface area (Å²) in [5, 5.41) is 0. The monoisotopic (exact) mass is 287 g/mol. The van der Waals surface area contributed by atoms with Crippen LogP contribution in [0.25, 0.3) is 0 Å². The van der Waals surface area contributed by atoms with E-state index < -0.39 is 10.0 Å². The minimum absolute atomic E-state index is 0.187. The van der Waals surface area contributed by atoms with E-state index in [0.29, 0.717) is 25.3 Å². The van der Waals surface area contributed by atoms with Gasteiger partial charge in [0.15, 0.2) is 0 Å². The smallest absolute Gasteiger partial charge is 0.244 e. The zero-order chi connectivity index (χ0) is 14.3. The lowest BCUT2D eigenvalue weighted by molar-refractivity contribution is 0.196. The molecule has 1 aromatic rings. The first kappa shape index (κ1) is 15.9. The van der Waals surface area contributed by atoms with Crippen LogP contribution < -0.4 is 9.46 Å². The third-order valence-electron chi connectivity index (χ3n) is 2.74. The molecule has 1 N–H and O–H groups in total. The number of aryl methyl sites for hydroxylation is 1. The van der Waals surface area contributed by atoms with E-state index in [9.17, 15) is 8.42 Å². The van der Waals surface area contributed by atoms with Gasteiger partial charge in [0.05, 0.1) is 7.11 Å². The second kappa shape index (κ2) is 7.47. The summed E-state index contributed by atoms with van der Waals surface area (Å²) < 4.78 is 37.0. The molecular weight excluding hydrogens is 266 g/mol.